The number of aliphatic hydroxyl groups excluding tert-OH is 1. The number of nitrogens with zero attached hydrogens (tertiary/aromatic N) is 1. The zero-order valence-electron chi connectivity index (χ0n) is 9.57. The second-order valence-electron chi connectivity index (χ2n) is 3.60. The van der Waals surface area contributed by atoms with Crippen molar-refractivity contribution >= 4 is 15.9 Å². The van der Waals surface area contributed by atoms with Crippen molar-refractivity contribution in [2.75, 3.05) is 20.2 Å². The summed E-state index contributed by atoms with van der Waals surface area (Å²) in [6.07, 6.45) is 0. The van der Waals surface area contributed by atoms with Crippen LogP contribution in [-0.2, 0) is 0 Å². The molecule has 0 radical (unpaired) electrons. The lowest BCUT2D eigenvalue weighted by atomic mass is 10.1. The van der Waals surface area contributed by atoms with Crippen molar-refractivity contribution < 1.29 is 5.11 Å². The molecule has 1 rings (SSSR count). The lowest BCUT2D eigenvalue weighted by Crippen LogP contribution is -2.27. The van der Waals surface area contributed by atoms with Crippen LogP contribution in [0.1, 0.15) is 18.5 Å². The van der Waals surface area contributed by atoms with E-state index >= 15 is 0 Å². The molecule has 0 spiro atoms. The second-order valence-corrected chi connectivity index (χ2v) is 4.51. The molecule has 0 bridgehead atoms. The Hall–Kier alpha value is -0.820. The minimum absolute atomic E-state index is 0.00153. The fourth-order valence-electron chi connectivity index (χ4n) is 1.53. The molecule has 3 heteroatoms. The highest BCUT2D eigenvalue weighted by atomic mass is 79.9. The van der Waals surface area contributed by atoms with Crippen molar-refractivity contribution in [2.45, 2.75) is 13.0 Å². The first-order valence-electron chi connectivity index (χ1n) is 5.15. The molecule has 0 heterocycles. The molecule has 86 valence electrons. The van der Waals surface area contributed by atoms with Gasteiger partial charge in [0, 0.05) is 4.47 Å². The highest BCUT2D eigenvalue weighted by molar-refractivity contribution is 9.10. The first kappa shape index (κ1) is 13.2. The van der Waals surface area contributed by atoms with Gasteiger partial charge in [-0.3, -0.25) is 4.90 Å². The first-order valence-corrected chi connectivity index (χ1v) is 5.94. The topological polar surface area (TPSA) is 23.5 Å². The number of hydrogen-bond donors (Lipinski definition) is 1. The summed E-state index contributed by atoms with van der Waals surface area (Å²) >= 11 is 3.43. The van der Waals surface area contributed by atoms with Gasteiger partial charge in [-0.05, 0) is 31.7 Å². The van der Waals surface area contributed by atoms with Crippen LogP contribution in [0.2, 0.25) is 0 Å². The van der Waals surface area contributed by atoms with E-state index in [-0.39, 0.29) is 12.6 Å². The van der Waals surface area contributed by atoms with Crippen molar-refractivity contribution in [3.63, 3.8) is 0 Å². The van der Waals surface area contributed by atoms with E-state index in [1.807, 2.05) is 43.1 Å². The van der Waals surface area contributed by atoms with Crippen LogP contribution >= 0.6 is 15.9 Å². The molecule has 1 unspecified atom stereocenters. The molecule has 0 fully saturated rings. The standard InChI is InChI=1S/C13H16BrNO/c1-3-4-8-15(2)13(10-16)11-6-5-7-12(14)9-11/h5-7,9,13,16H,8,10H2,1-2H3. The van der Waals surface area contributed by atoms with E-state index in [0.29, 0.717) is 6.54 Å². The van der Waals surface area contributed by atoms with E-state index in [1.54, 1.807) is 0 Å². The molecular weight excluding hydrogens is 266 g/mol. The monoisotopic (exact) mass is 281 g/mol. The van der Waals surface area contributed by atoms with E-state index in [9.17, 15) is 5.11 Å². The first-order chi connectivity index (χ1) is 7.69. The Morgan fingerprint density at radius 1 is 1.50 bits per heavy atom. The Morgan fingerprint density at radius 3 is 2.81 bits per heavy atom. The number of aliphatic hydroxyl groups is 1. The molecule has 0 aliphatic heterocycles. The van der Waals surface area contributed by atoms with Gasteiger partial charge in [0.25, 0.3) is 0 Å². The smallest absolute Gasteiger partial charge is 0.0628 e. The zero-order chi connectivity index (χ0) is 12.0. The summed E-state index contributed by atoms with van der Waals surface area (Å²) in [5.41, 5.74) is 1.09. The van der Waals surface area contributed by atoms with E-state index in [0.717, 1.165) is 10.0 Å². The van der Waals surface area contributed by atoms with Crippen molar-refractivity contribution in [3.05, 3.63) is 34.3 Å². The van der Waals surface area contributed by atoms with Gasteiger partial charge < -0.3 is 5.11 Å². The molecule has 16 heavy (non-hydrogen) atoms. The van der Waals surface area contributed by atoms with Crippen LogP contribution in [-0.4, -0.2) is 30.2 Å². The SMILES string of the molecule is CC#CCN(C)C(CO)c1cccc(Br)c1. The van der Waals surface area contributed by atoms with Crippen LogP contribution in [0.5, 0.6) is 0 Å². The Bertz CT molecular complexity index is 394. The van der Waals surface area contributed by atoms with Crippen LogP contribution in [0, 0.1) is 11.8 Å². The van der Waals surface area contributed by atoms with Gasteiger partial charge in [-0.2, -0.15) is 0 Å². The quantitative estimate of drug-likeness (QED) is 0.857. The van der Waals surface area contributed by atoms with Gasteiger partial charge in [0.1, 0.15) is 0 Å². The molecule has 0 aliphatic rings. The summed E-state index contributed by atoms with van der Waals surface area (Å²) in [5, 5.41) is 9.43. The van der Waals surface area contributed by atoms with Gasteiger partial charge in [0.15, 0.2) is 0 Å². The van der Waals surface area contributed by atoms with Crippen molar-refractivity contribution in [3.8, 4) is 11.8 Å². The zero-order valence-corrected chi connectivity index (χ0v) is 11.2. The predicted molar refractivity (Wildman–Crippen MR) is 70.0 cm³/mol. The largest absolute Gasteiger partial charge is 0.394 e. The molecule has 0 aromatic heterocycles. The third-order valence-electron chi connectivity index (χ3n) is 2.44. The number of halogens is 1. The van der Waals surface area contributed by atoms with E-state index in [1.165, 1.54) is 0 Å². The minimum atomic E-state index is -0.00153. The second kappa shape index (κ2) is 6.70. The van der Waals surface area contributed by atoms with Crippen molar-refractivity contribution in [2.24, 2.45) is 0 Å². The molecule has 2 nitrogen and oxygen atoms in total. The Balaban J connectivity index is 2.83. The van der Waals surface area contributed by atoms with Crippen molar-refractivity contribution in [1.29, 1.82) is 0 Å². The summed E-state index contributed by atoms with van der Waals surface area (Å²) < 4.78 is 1.03. The van der Waals surface area contributed by atoms with E-state index < -0.39 is 0 Å². The third-order valence-corrected chi connectivity index (χ3v) is 2.94. The molecule has 0 saturated carbocycles. The van der Waals surface area contributed by atoms with E-state index in [2.05, 4.69) is 27.8 Å². The van der Waals surface area contributed by atoms with Gasteiger partial charge in [0.2, 0.25) is 0 Å². The molecule has 1 aromatic carbocycles. The molecule has 1 N–H and O–H groups in total. The Morgan fingerprint density at radius 2 is 2.25 bits per heavy atom. The van der Waals surface area contributed by atoms with Crippen LogP contribution in [0.3, 0.4) is 0 Å². The number of benzene rings is 1. The highest BCUT2D eigenvalue weighted by Crippen LogP contribution is 2.21. The normalized spacial score (nSPS) is 12.1. The molecule has 0 aliphatic carbocycles. The lowest BCUT2D eigenvalue weighted by molar-refractivity contribution is 0.160. The summed E-state index contributed by atoms with van der Waals surface area (Å²) in [5.74, 6) is 5.86. The summed E-state index contributed by atoms with van der Waals surface area (Å²) in [6.45, 7) is 2.58. The van der Waals surface area contributed by atoms with Crippen LogP contribution in [0.25, 0.3) is 0 Å². The fourth-order valence-corrected chi connectivity index (χ4v) is 1.94. The summed E-state index contributed by atoms with van der Waals surface area (Å²) in [6, 6.07) is 7.99. The lowest BCUT2D eigenvalue weighted by Gasteiger charge is -2.25. The van der Waals surface area contributed by atoms with Gasteiger partial charge in [-0.1, -0.05) is 34.0 Å². The Kier molecular flexibility index (Phi) is 5.54. The number of rotatable bonds is 4. The van der Waals surface area contributed by atoms with Gasteiger partial charge >= 0.3 is 0 Å². The third kappa shape index (κ3) is 3.64. The van der Waals surface area contributed by atoms with Crippen molar-refractivity contribution in [1.82, 2.24) is 4.90 Å². The van der Waals surface area contributed by atoms with Gasteiger partial charge in [-0.15, -0.1) is 5.92 Å². The molecule has 0 amide bonds. The summed E-state index contributed by atoms with van der Waals surface area (Å²) in [7, 11) is 1.96. The highest BCUT2D eigenvalue weighted by Gasteiger charge is 2.15. The molecule has 1 aromatic rings. The maximum absolute atomic E-state index is 9.43. The summed E-state index contributed by atoms with van der Waals surface area (Å²) in [4.78, 5) is 2.04. The average Bonchev–Trinajstić information content (AvgIpc) is 2.27. The van der Waals surface area contributed by atoms with Crippen LogP contribution in [0.4, 0.5) is 0 Å². The molecular formula is C13H16BrNO. The molecule has 0 saturated heterocycles. The number of hydrogen-bond acceptors (Lipinski definition) is 2. The van der Waals surface area contributed by atoms with Gasteiger partial charge in [0.05, 0.1) is 19.2 Å². The fraction of sp³-hybridized carbons (Fsp3) is 0.385. The van der Waals surface area contributed by atoms with Crippen LogP contribution in [0.15, 0.2) is 28.7 Å². The maximum atomic E-state index is 9.43. The minimum Gasteiger partial charge on any atom is -0.394 e. The molecule has 1 atom stereocenters. The average molecular weight is 282 g/mol. The van der Waals surface area contributed by atoms with Crippen LogP contribution < -0.4 is 0 Å². The Labute approximate surface area is 105 Å². The van der Waals surface area contributed by atoms with E-state index in [4.69, 9.17) is 0 Å². The maximum Gasteiger partial charge on any atom is 0.0628 e. The predicted octanol–water partition coefficient (Wildman–Crippen LogP) is 2.44. The number of likely N-dealkylation sites (N-methyl/N-ethyl adjacent to an activating group) is 1. The van der Waals surface area contributed by atoms with Gasteiger partial charge in [-0.25, -0.2) is 0 Å².